The zero-order valence-corrected chi connectivity index (χ0v) is 17.3. The third-order valence-corrected chi connectivity index (χ3v) is 11.9. The maximum Gasteiger partial charge on any atom is 0.155 e. The Labute approximate surface area is 168 Å². The average molecular weight is 389 g/mol. The molecule has 1 spiro atoms. The van der Waals surface area contributed by atoms with E-state index < -0.39 is 11.9 Å². The van der Waals surface area contributed by atoms with Gasteiger partial charge in [-0.25, -0.2) is 0 Å². The lowest BCUT2D eigenvalue weighted by Crippen LogP contribution is -2.65. The van der Waals surface area contributed by atoms with Gasteiger partial charge in [0.25, 0.3) is 0 Å². The standard InChI is InChI=1S/C24H36O4/c1-21-6-3-12(25)11-23(21,27)16-9-13(16)19-15(21)4-7-22(2)20(19)14-10-17(14)24(22)8-5-18(26)28-24/h12-20,25-27H,3-11H2,1-2H3/t12?,13?,14?,15?,16?,17?,18?,19?,20?,21?,22?,23?,24-/m0/s1. The van der Waals surface area contributed by atoms with Crippen molar-refractivity contribution >= 4 is 0 Å². The molecule has 1 aliphatic heterocycles. The van der Waals surface area contributed by atoms with Crippen LogP contribution < -0.4 is 0 Å². The lowest BCUT2D eigenvalue weighted by molar-refractivity contribution is -0.247. The van der Waals surface area contributed by atoms with E-state index in [1.54, 1.807) is 0 Å². The van der Waals surface area contributed by atoms with E-state index in [1.807, 2.05) is 0 Å². The number of fused-ring (bicyclic) bond motifs is 12. The monoisotopic (exact) mass is 388 g/mol. The highest BCUT2D eigenvalue weighted by Crippen LogP contribution is 2.83. The Bertz CT molecular complexity index is 740. The number of hydrogen-bond donors (Lipinski definition) is 3. The molecule has 1 heterocycles. The minimum Gasteiger partial charge on any atom is -0.393 e. The summed E-state index contributed by atoms with van der Waals surface area (Å²) in [6.07, 6.45) is 8.25. The van der Waals surface area contributed by atoms with Crippen molar-refractivity contribution in [1.29, 1.82) is 0 Å². The maximum absolute atomic E-state index is 11.9. The minimum atomic E-state index is -0.649. The largest absolute Gasteiger partial charge is 0.393 e. The van der Waals surface area contributed by atoms with Crippen molar-refractivity contribution < 1.29 is 20.1 Å². The Morgan fingerprint density at radius 3 is 2.32 bits per heavy atom. The molecule has 0 amide bonds. The number of aliphatic hydroxyl groups excluding tert-OH is 2. The van der Waals surface area contributed by atoms with Gasteiger partial charge in [0.15, 0.2) is 6.29 Å². The summed E-state index contributed by atoms with van der Waals surface area (Å²) in [7, 11) is 0. The summed E-state index contributed by atoms with van der Waals surface area (Å²) in [5.74, 6) is 4.53. The van der Waals surface area contributed by atoms with E-state index >= 15 is 0 Å². The highest BCUT2D eigenvalue weighted by Gasteiger charge is 2.82. The number of hydrogen-bond acceptors (Lipinski definition) is 4. The molecule has 4 heteroatoms. The molecule has 7 rings (SSSR count). The number of ether oxygens (including phenoxy) is 1. The molecular formula is C24H36O4. The highest BCUT2D eigenvalue weighted by molar-refractivity contribution is 5.30. The summed E-state index contributed by atoms with van der Waals surface area (Å²) < 4.78 is 6.40. The van der Waals surface area contributed by atoms with E-state index in [0.717, 1.165) is 37.5 Å². The first-order valence-corrected chi connectivity index (χ1v) is 12.0. The van der Waals surface area contributed by atoms with Crippen LogP contribution in [0.3, 0.4) is 0 Å². The van der Waals surface area contributed by atoms with Crippen molar-refractivity contribution in [2.75, 3.05) is 0 Å². The Morgan fingerprint density at radius 2 is 1.57 bits per heavy atom. The van der Waals surface area contributed by atoms with E-state index in [9.17, 15) is 15.3 Å². The molecule has 0 aromatic rings. The summed E-state index contributed by atoms with van der Waals surface area (Å²) in [5, 5.41) is 32.5. The SMILES string of the molecule is CC12CCC(O)CC1(O)C1CC1C1C2CCC2(C)C1C1CC1[C@@]21CCC(O)O1. The normalized spacial score (nSPS) is 71.2. The predicted molar refractivity (Wildman–Crippen MR) is 103 cm³/mol. The van der Waals surface area contributed by atoms with Gasteiger partial charge >= 0.3 is 0 Å². The third-order valence-electron chi connectivity index (χ3n) is 11.9. The molecular weight excluding hydrogens is 352 g/mol. The molecule has 0 aromatic carbocycles. The number of rotatable bonds is 0. The van der Waals surface area contributed by atoms with Crippen LogP contribution in [0.5, 0.6) is 0 Å². The van der Waals surface area contributed by atoms with Crippen molar-refractivity contribution in [2.24, 2.45) is 52.3 Å². The van der Waals surface area contributed by atoms with Gasteiger partial charge in [-0.15, -0.1) is 0 Å². The maximum atomic E-state index is 11.9. The second-order valence-electron chi connectivity index (χ2n) is 12.4. The van der Waals surface area contributed by atoms with Gasteiger partial charge in [-0.3, -0.25) is 0 Å². The van der Waals surface area contributed by atoms with Gasteiger partial charge in [0.05, 0.1) is 17.3 Å². The van der Waals surface area contributed by atoms with Crippen molar-refractivity contribution in [2.45, 2.75) is 95.2 Å². The molecule has 0 bridgehead atoms. The summed E-state index contributed by atoms with van der Waals surface area (Å²) in [5.41, 5.74) is -0.559. The molecule has 0 radical (unpaired) electrons. The zero-order valence-electron chi connectivity index (χ0n) is 17.3. The van der Waals surface area contributed by atoms with Gasteiger partial charge in [0.2, 0.25) is 0 Å². The van der Waals surface area contributed by atoms with E-state index in [1.165, 1.54) is 25.7 Å². The molecule has 4 nitrogen and oxygen atoms in total. The summed E-state index contributed by atoms with van der Waals surface area (Å²) in [4.78, 5) is 0. The minimum absolute atomic E-state index is 0.0356. The Kier molecular flexibility index (Phi) is 3.03. The van der Waals surface area contributed by atoms with Crippen LogP contribution in [-0.2, 0) is 4.74 Å². The smallest absolute Gasteiger partial charge is 0.155 e. The van der Waals surface area contributed by atoms with Crippen molar-refractivity contribution in [3.8, 4) is 0 Å². The fourth-order valence-corrected chi connectivity index (χ4v) is 10.7. The lowest BCUT2D eigenvalue weighted by atomic mass is 9.42. The second-order valence-corrected chi connectivity index (χ2v) is 12.4. The zero-order chi connectivity index (χ0) is 19.3. The van der Waals surface area contributed by atoms with Crippen LogP contribution in [0.1, 0.15) is 71.6 Å². The van der Waals surface area contributed by atoms with Gasteiger partial charge in [-0.2, -0.15) is 0 Å². The first-order chi connectivity index (χ1) is 13.3. The van der Waals surface area contributed by atoms with Gasteiger partial charge in [0.1, 0.15) is 0 Å². The van der Waals surface area contributed by atoms with Gasteiger partial charge in [0, 0.05) is 18.3 Å². The molecule has 28 heavy (non-hydrogen) atoms. The first kappa shape index (κ1) is 17.5. The average Bonchev–Trinajstić information content (AvgIpc) is 3.54. The summed E-state index contributed by atoms with van der Waals surface area (Å²) in [6, 6.07) is 0. The lowest BCUT2D eigenvalue weighted by Gasteiger charge is -2.65. The van der Waals surface area contributed by atoms with Crippen molar-refractivity contribution in [1.82, 2.24) is 0 Å². The molecule has 156 valence electrons. The fourth-order valence-electron chi connectivity index (χ4n) is 10.7. The molecule has 12 unspecified atom stereocenters. The van der Waals surface area contributed by atoms with Crippen LogP contribution in [0.2, 0.25) is 0 Å². The van der Waals surface area contributed by atoms with Crippen LogP contribution >= 0.6 is 0 Å². The molecule has 6 aliphatic carbocycles. The van der Waals surface area contributed by atoms with Gasteiger partial charge in [-0.1, -0.05) is 13.8 Å². The first-order valence-electron chi connectivity index (χ1n) is 12.0. The summed E-state index contributed by atoms with van der Waals surface area (Å²) >= 11 is 0. The second kappa shape index (κ2) is 4.84. The van der Waals surface area contributed by atoms with Crippen LogP contribution in [-0.4, -0.2) is 38.9 Å². The molecule has 7 fully saturated rings. The van der Waals surface area contributed by atoms with Crippen molar-refractivity contribution in [3.63, 3.8) is 0 Å². The van der Waals surface area contributed by atoms with E-state index in [2.05, 4.69) is 13.8 Å². The van der Waals surface area contributed by atoms with Crippen LogP contribution in [0.15, 0.2) is 0 Å². The molecule has 1 saturated heterocycles. The quantitative estimate of drug-likeness (QED) is 0.596. The van der Waals surface area contributed by atoms with Gasteiger partial charge in [-0.05, 0) is 91.8 Å². The van der Waals surface area contributed by atoms with E-state index in [4.69, 9.17) is 4.74 Å². The molecule has 13 atom stereocenters. The topological polar surface area (TPSA) is 69.9 Å². The van der Waals surface area contributed by atoms with Crippen LogP contribution in [0, 0.1) is 52.3 Å². The van der Waals surface area contributed by atoms with Crippen LogP contribution in [0.25, 0.3) is 0 Å². The molecule has 7 aliphatic rings. The van der Waals surface area contributed by atoms with E-state index in [-0.39, 0.29) is 22.5 Å². The number of aliphatic hydroxyl groups is 3. The predicted octanol–water partition coefficient (Wildman–Crippen LogP) is 3.08. The molecule has 6 saturated carbocycles. The summed E-state index contributed by atoms with van der Waals surface area (Å²) in [6.45, 7) is 4.88. The highest BCUT2D eigenvalue weighted by atomic mass is 16.6. The molecule has 0 aromatic heterocycles. The Morgan fingerprint density at radius 1 is 0.821 bits per heavy atom. The van der Waals surface area contributed by atoms with E-state index in [0.29, 0.717) is 36.0 Å². The molecule has 3 N–H and O–H groups in total. The van der Waals surface area contributed by atoms with Crippen molar-refractivity contribution in [3.05, 3.63) is 0 Å². The Balaban J connectivity index is 1.31. The van der Waals surface area contributed by atoms with Gasteiger partial charge < -0.3 is 20.1 Å². The fraction of sp³-hybridized carbons (Fsp3) is 1.00. The Hall–Kier alpha value is -0.160. The van der Waals surface area contributed by atoms with Crippen LogP contribution in [0.4, 0.5) is 0 Å². The third kappa shape index (κ3) is 1.67.